The van der Waals surface area contributed by atoms with Crippen molar-refractivity contribution in [2.45, 2.75) is 18.2 Å². The van der Waals surface area contributed by atoms with Crippen LogP contribution >= 0.6 is 0 Å². The lowest BCUT2D eigenvalue weighted by Gasteiger charge is -2.24. The number of benzene rings is 1. The maximum atomic E-state index is 12.7. The van der Waals surface area contributed by atoms with E-state index in [4.69, 9.17) is 0 Å². The highest BCUT2D eigenvalue weighted by Crippen LogP contribution is 2.23. The van der Waals surface area contributed by atoms with Gasteiger partial charge in [0, 0.05) is 26.2 Å². The third-order valence-corrected chi connectivity index (χ3v) is 6.65. The second-order valence-electron chi connectivity index (χ2n) is 6.47. The maximum absolute atomic E-state index is 12.7. The average Bonchev–Trinajstić information content (AvgIpc) is 3.30. The van der Waals surface area contributed by atoms with E-state index in [0.717, 1.165) is 24.3 Å². The summed E-state index contributed by atoms with van der Waals surface area (Å²) in [6, 6.07) is 13.0. The number of hydrogen-bond donors (Lipinski definition) is 0. The van der Waals surface area contributed by atoms with Crippen molar-refractivity contribution >= 4 is 21.5 Å². The van der Waals surface area contributed by atoms with Gasteiger partial charge in [-0.1, -0.05) is 30.3 Å². The van der Waals surface area contributed by atoms with Crippen LogP contribution in [0.5, 0.6) is 0 Å². The molecule has 0 amide bonds. The normalized spacial score (nSPS) is 18.1. The van der Waals surface area contributed by atoms with Gasteiger partial charge in [0.25, 0.3) is 0 Å². The Kier molecular flexibility index (Phi) is 4.33. The molecule has 0 bridgehead atoms. The van der Waals surface area contributed by atoms with Crippen LogP contribution in [0.4, 0.5) is 5.82 Å². The van der Waals surface area contributed by atoms with Gasteiger partial charge in [0.2, 0.25) is 10.0 Å². The van der Waals surface area contributed by atoms with E-state index >= 15 is 0 Å². The van der Waals surface area contributed by atoms with Crippen LogP contribution in [0, 0.1) is 0 Å². The smallest absolute Gasteiger partial charge is 0.218 e. The maximum Gasteiger partial charge on any atom is 0.218 e. The van der Waals surface area contributed by atoms with Gasteiger partial charge < -0.3 is 4.90 Å². The lowest BCUT2D eigenvalue weighted by molar-refractivity contribution is 0.389. The molecule has 0 radical (unpaired) electrons. The molecule has 1 saturated heterocycles. The molecule has 1 aliphatic heterocycles. The SMILES string of the molecule is CN(C1CCN(c2ccc3nncn3n2)C1)S(=O)(=O)Cc1ccccc1. The van der Waals surface area contributed by atoms with Gasteiger partial charge in [0.05, 0.1) is 5.75 Å². The molecular weight excluding hydrogens is 352 g/mol. The summed E-state index contributed by atoms with van der Waals surface area (Å²) in [5.41, 5.74) is 1.49. The Morgan fingerprint density at radius 2 is 2.00 bits per heavy atom. The van der Waals surface area contributed by atoms with Gasteiger partial charge in [0.15, 0.2) is 5.65 Å². The van der Waals surface area contributed by atoms with Gasteiger partial charge in [0.1, 0.15) is 12.1 Å². The molecule has 9 heteroatoms. The highest BCUT2D eigenvalue weighted by atomic mass is 32.2. The molecule has 0 spiro atoms. The molecule has 1 aliphatic rings. The van der Waals surface area contributed by atoms with E-state index in [1.54, 1.807) is 17.9 Å². The predicted molar refractivity (Wildman–Crippen MR) is 98.2 cm³/mol. The lowest BCUT2D eigenvalue weighted by Crippen LogP contribution is -2.39. The summed E-state index contributed by atoms with van der Waals surface area (Å²) in [7, 11) is -1.70. The molecule has 4 rings (SSSR count). The summed E-state index contributed by atoms with van der Waals surface area (Å²) in [5, 5.41) is 12.3. The first-order chi connectivity index (χ1) is 12.5. The molecule has 3 aromatic rings. The second-order valence-corrected chi connectivity index (χ2v) is 8.50. The number of fused-ring (bicyclic) bond motifs is 1. The van der Waals surface area contributed by atoms with Gasteiger partial charge in [-0.3, -0.25) is 0 Å². The fraction of sp³-hybridized carbons (Fsp3) is 0.353. The molecule has 2 aromatic heterocycles. The minimum atomic E-state index is -3.37. The molecule has 26 heavy (non-hydrogen) atoms. The standard InChI is InChI=1S/C17H20N6O2S/c1-21(26(24,25)12-14-5-3-2-4-6-14)15-9-10-22(11-15)17-8-7-16-19-18-13-23(16)20-17/h2-8,13,15H,9-12H2,1H3. The minimum Gasteiger partial charge on any atom is -0.354 e. The number of anilines is 1. The van der Waals surface area contributed by atoms with Crippen molar-refractivity contribution in [2.24, 2.45) is 0 Å². The Bertz CT molecular complexity index is 1000. The first-order valence-corrected chi connectivity index (χ1v) is 10.1. The number of nitrogens with zero attached hydrogens (tertiary/aromatic N) is 6. The van der Waals surface area contributed by atoms with Crippen molar-refractivity contribution in [1.82, 2.24) is 24.1 Å². The van der Waals surface area contributed by atoms with Gasteiger partial charge in [-0.2, -0.15) is 8.82 Å². The lowest BCUT2D eigenvalue weighted by atomic mass is 10.2. The number of hydrogen-bond acceptors (Lipinski definition) is 6. The fourth-order valence-electron chi connectivity index (χ4n) is 3.25. The minimum absolute atomic E-state index is 0.0196. The van der Waals surface area contributed by atoms with Crippen LogP contribution in [0.3, 0.4) is 0 Å². The average molecular weight is 372 g/mol. The van der Waals surface area contributed by atoms with Crippen LogP contribution in [0.2, 0.25) is 0 Å². The van der Waals surface area contributed by atoms with Gasteiger partial charge in [-0.25, -0.2) is 8.42 Å². The summed E-state index contributed by atoms with van der Waals surface area (Å²) >= 11 is 0. The molecule has 1 unspecified atom stereocenters. The Hall–Kier alpha value is -2.52. The summed E-state index contributed by atoms with van der Waals surface area (Å²) in [4.78, 5) is 2.10. The third-order valence-electron chi connectivity index (χ3n) is 4.78. The van der Waals surface area contributed by atoms with E-state index in [2.05, 4.69) is 20.2 Å². The highest BCUT2D eigenvalue weighted by Gasteiger charge is 2.33. The summed E-state index contributed by atoms with van der Waals surface area (Å²) in [5.74, 6) is 0.819. The monoisotopic (exact) mass is 372 g/mol. The van der Waals surface area contributed by atoms with Gasteiger partial charge in [-0.05, 0) is 24.1 Å². The molecule has 0 N–H and O–H groups in total. The highest BCUT2D eigenvalue weighted by molar-refractivity contribution is 7.88. The zero-order valence-corrected chi connectivity index (χ0v) is 15.2. The summed E-state index contributed by atoms with van der Waals surface area (Å²) in [6.07, 6.45) is 2.33. The van der Waals surface area contributed by atoms with Crippen molar-refractivity contribution in [3.05, 3.63) is 54.4 Å². The Morgan fingerprint density at radius 1 is 1.19 bits per heavy atom. The zero-order valence-electron chi connectivity index (χ0n) is 14.4. The molecular formula is C17H20N6O2S. The Balaban J connectivity index is 1.47. The number of likely N-dealkylation sites (N-methyl/N-ethyl adjacent to an activating group) is 1. The third kappa shape index (κ3) is 3.27. The van der Waals surface area contributed by atoms with Crippen LogP contribution in [-0.2, 0) is 15.8 Å². The number of rotatable bonds is 5. The Labute approximate surface area is 152 Å². The van der Waals surface area contributed by atoms with Crippen molar-refractivity contribution in [2.75, 3.05) is 25.0 Å². The quantitative estimate of drug-likeness (QED) is 0.668. The van der Waals surface area contributed by atoms with E-state index in [-0.39, 0.29) is 11.8 Å². The van der Waals surface area contributed by atoms with E-state index in [9.17, 15) is 8.42 Å². The molecule has 1 aromatic carbocycles. The topological polar surface area (TPSA) is 83.7 Å². The van der Waals surface area contributed by atoms with Crippen LogP contribution < -0.4 is 4.90 Å². The van der Waals surface area contributed by atoms with E-state index in [0.29, 0.717) is 12.2 Å². The van der Waals surface area contributed by atoms with Gasteiger partial charge in [-0.15, -0.1) is 15.3 Å². The Morgan fingerprint density at radius 3 is 2.81 bits per heavy atom. The molecule has 136 valence electrons. The van der Waals surface area contributed by atoms with Crippen molar-refractivity contribution in [1.29, 1.82) is 0 Å². The van der Waals surface area contributed by atoms with Crippen LogP contribution in [0.15, 0.2) is 48.8 Å². The largest absolute Gasteiger partial charge is 0.354 e. The number of aromatic nitrogens is 4. The van der Waals surface area contributed by atoms with Gasteiger partial charge >= 0.3 is 0 Å². The van der Waals surface area contributed by atoms with E-state index in [1.807, 2.05) is 42.5 Å². The number of sulfonamides is 1. The first kappa shape index (κ1) is 16.9. The zero-order chi connectivity index (χ0) is 18.1. The van der Waals surface area contributed by atoms with Crippen LogP contribution in [0.25, 0.3) is 5.65 Å². The van der Waals surface area contributed by atoms with E-state index < -0.39 is 10.0 Å². The fourth-order valence-corrected chi connectivity index (χ4v) is 4.69. The molecule has 1 fully saturated rings. The molecule has 1 atom stereocenters. The molecule has 0 aliphatic carbocycles. The van der Waals surface area contributed by atoms with Crippen LogP contribution in [-0.4, -0.2) is 58.7 Å². The van der Waals surface area contributed by atoms with Crippen LogP contribution in [0.1, 0.15) is 12.0 Å². The van der Waals surface area contributed by atoms with Crippen molar-refractivity contribution < 1.29 is 8.42 Å². The second kappa shape index (κ2) is 6.65. The first-order valence-electron chi connectivity index (χ1n) is 8.44. The molecule has 0 saturated carbocycles. The van der Waals surface area contributed by atoms with Crippen molar-refractivity contribution in [3.8, 4) is 0 Å². The summed E-state index contributed by atoms with van der Waals surface area (Å²) in [6.45, 7) is 1.38. The van der Waals surface area contributed by atoms with E-state index in [1.165, 1.54) is 4.31 Å². The summed E-state index contributed by atoms with van der Waals surface area (Å²) < 4.78 is 28.6. The molecule has 8 nitrogen and oxygen atoms in total. The predicted octanol–water partition coefficient (Wildman–Crippen LogP) is 1.16. The van der Waals surface area contributed by atoms with Crippen molar-refractivity contribution in [3.63, 3.8) is 0 Å². The molecule has 3 heterocycles.